The zero-order chi connectivity index (χ0) is 10.4. The third-order valence-electron chi connectivity index (χ3n) is 2.49. The van der Waals surface area contributed by atoms with Gasteiger partial charge in [0.15, 0.2) is 0 Å². The Morgan fingerprint density at radius 2 is 1.50 bits per heavy atom. The molecule has 0 unspecified atom stereocenters. The summed E-state index contributed by atoms with van der Waals surface area (Å²) in [7, 11) is 0. The van der Waals surface area contributed by atoms with Crippen molar-refractivity contribution in [1.82, 2.24) is 9.80 Å². The third-order valence-corrected chi connectivity index (χ3v) is 2.49. The molecular formula is C11H21N3. The van der Waals surface area contributed by atoms with Crippen LogP contribution >= 0.6 is 0 Å². The van der Waals surface area contributed by atoms with E-state index in [1.54, 1.807) is 0 Å². The van der Waals surface area contributed by atoms with E-state index in [-0.39, 0.29) is 6.04 Å². The molecule has 1 aliphatic heterocycles. The highest BCUT2D eigenvalue weighted by Gasteiger charge is 2.18. The van der Waals surface area contributed by atoms with Crippen molar-refractivity contribution in [3.8, 4) is 0 Å². The molecule has 14 heavy (non-hydrogen) atoms. The van der Waals surface area contributed by atoms with Gasteiger partial charge < -0.3 is 5.73 Å². The van der Waals surface area contributed by atoms with Gasteiger partial charge in [-0.05, 0) is 0 Å². The molecule has 0 aromatic carbocycles. The fourth-order valence-electron chi connectivity index (χ4n) is 1.88. The van der Waals surface area contributed by atoms with Crippen molar-refractivity contribution in [2.75, 3.05) is 39.3 Å². The minimum Gasteiger partial charge on any atom is -0.325 e. The molecule has 1 aliphatic rings. The quantitative estimate of drug-likeness (QED) is 0.655. The first-order valence-corrected chi connectivity index (χ1v) is 5.18. The van der Waals surface area contributed by atoms with Crippen molar-refractivity contribution >= 4 is 0 Å². The Hall–Kier alpha value is -0.640. The normalized spacial score (nSPS) is 21.8. The fourth-order valence-corrected chi connectivity index (χ4v) is 1.88. The van der Waals surface area contributed by atoms with E-state index in [0.717, 1.165) is 39.3 Å². The van der Waals surface area contributed by atoms with Crippen molar-refractivity contribution < 1.29 is 0 Å². The molecular weight excluding hydrogens is 174 g/mol. The summed E-state index contributed by atoms with van der Waals surface area (Å²) in [6, 6.07) is 0.248. The van der Waals surface area contributed by atoms with Crippen molar-refractivity contribution in [2.24, 2.45) is 5.73 Å². The molecule has 1 fully saturated rings. The maximum absolute atomic E-state index is 6.02. The standard InChI is InChI=1S/C11H21N3/c1-3-5-13-7-8-14(6-4-2)10-11(12)9-13/h3-4,11H,1-2,5-10,12H2. The van der Waals surface area contributed by atoms with Crippen LogP contribution < -0.4 is 5.73 Å². The van der Waals surface area contributed by atoms with Crippen molar-refractivity contribution in [3.05, 3.63) is 25.3 Å². The first-order chi connectivity index (χ1) is 6.76. The predicted octanol–water partition coefficient (Wildman–Crippen LogP) is 0.303. The van der Waals surface area contributed by atoms with Crippen molar-refractivity contribution in [1.29, 1.82) is 0 Å². The van der Waals surface area contributed by atoms with Gasteiger partial charge in [0.2, 0.25) is 0 Å². The summed E-state index contributed by atoms with van der Waals surface area (Å²) in [6.07, 6.45) is 3.88. The topological polar surface area (TPSA) is 32.5 Å². The number of nitrogens with zero attached hydrogens (tertiary/aromatic N) is 2. The summed E-state index contributed by atoms with van der Waals surface area (Å²) in [5.74, 6) is 0. The number of nitrogens with two attached hydrogens (primary N) is 1. The maximum atomic E-state index is 6.02. The molecule has 0 saturated carbocycles. The lowest BCUT2D eigenvalue weighted by molar-refractivity contribution is 0.286. The van der Waals surface area contributed by atoms with E-state index < -0.39 is 0 Å². The average Bonchev–Trinajstić information content (AvgIpc) is 2.29. The van der Waals surface area contributed by atoms with Crippen LogP contribution in [0.15, 0.2) is 25.3 Å². The molecule has 0 radical (unpaired) electrons. The predicted molar refractivity (Wildman–Crippen MR) is 61.2 cm³/mol. The molecule has 0 amide bonds. The van der Waals surface area contributed by atoms with Gasteiger partial charge in [-0.25, -0.2) is 0 Å². The van der Waals surface area contributed by atoms with Crippen LogP contribution in [-0.4, -0.2) is 55.1 Å². The minimum atomic E-state index is 0.248. The van der Waals surface area contributed by atoms with E-state index in [2.05, 4.69) is 23.0 Å². The molecule has 3 nitrogen and oxygen atoms in total. The van der Waals surface area contributed by atoms with Crippen LogP contribution in [0, 0.1) is 0 Å². The summed E-state index contributed by atoms with van der Waals surface area (Å²) in [6.45, 7) is 13.5. The highest BCUT2D eigenvalue weighted by Crippen LogP contribution is 2.02. The van der Waals surface area contributed by atoms with E-state index in [0.29, 0.717) is 0 Å². The van der Waals surface area contributed by atoms with E-state index >= 15 is 0 Å². The molecule has 0 spiro atoms. The SMILES string of the molecule is C=CCN1CCN(CC=C)CC(N)C1. The van der Waals surface area contributed by atoms with Crippen LogP contribution in [-0.2, 0) is 0 Å². The van der Waals surface area contributed by atoms with Crippen LogP contribution in [0.1, 0.15) is 0 Å². The number of hydrogen-bond acceptors (Lipinski definition) is 3. The zero-order valence-electron chi connectivity index (χ0n) is 8.86. The van der Waals surface area contributed by atoms with Crippen LogP contribution in [0.3, 0.4) is 0 Å². The molecule has 0 aliphatic carbocycles. The monoisotopic (exact) mass is 195 g/mol. The van der Waals surface area contributed by atoms with E-state index in [1.165, 1.54) is 0 Å². The average molecular weight is 195 g/mol. The van der Waals surface area contributed by atoms with Crippen LogP contribution in [0.2, 0.25) is 0 Å². The largest absolute Gasteiger partial charge is 0.325 e. The molecule has 0 bridgehead atoms. The van der Waals surface area contributed by atoms with Crippen LogP contribution in [0.4, 0.5) is 0 Å². The Morgan fingerprint density at radius 1 is 1.07 bits per heavy atom. The second kappa shape index (κ2) is 5.96. The molecule has 1 rings (SSSR count). The van der Waals surface area contributed by atoms with Crippen molar-refractivity contribution in [3.63, 3.8) is 0 Å². The smallest absolute Gasteiger partial charge is 0.0297 e. The molecule has 1 heterocycles. The van der Waals surface area contributed by atoms with Gasteiger partial charge in [0, 0.05) is 45.3 Å². The van der Waals surface area contributed by atoms with Crippen LogP contribution in [0.25, 0.3) is 0 Å². The lowest BCUT2D eigenvalue weighted by atomic mass is 10.3. The fraction of sp³-hybridized carbons (Fsp3) is 0.636. The number of rotatable bonds is 4. The Bertz CT molecular complexity index is 171. The lowest BCUT2D eigenvalue weighted by Gasteiger charge is -2.19. The van der Waals surface area contributed by atoms with Gasteiger partial charge in [-0.2, -0.15) is 0 Å². The van der Waals surface area contributed by atoms with E-state index in [4.69, 9.17) is 5.73 Å². The Kier molecular flexibility index (Phi) is 4.87. The second-order valence-corrected chi connectivity index (χ2v) is 3.86. The summed E-state index contributed by atoms with van der Waals surface area (Å²) >= 11 is 0. The molecule has 80 valence electrons. The summed E-state index contributed by atoms with van der Waals surface area (Å²) in [5.41, 5.74) is 6.02. The Morgan fingerprint density at radius 3 is 1.86 bits per heavy atom. The summed E-state index contributed by atoms with van der Waals surface area (Å²) in [4.78, 5) is 4.70. The van der Waals surface area contributed by atoms with Gasteiger partial charge in [-0.3, -0.25) is 9.80 Å². The van der Waals surface area contributed by atoms with Gasteiger partial charge >= 0.3 is 0 Å². The maximum Gasteiger partial charge on any atom is 0.0297 e. The number of hydrogen-bond donors (Lipinski definition) is 1. The van der Waals surface area contributed by atoms with E-state index in [1.807, 2.05) is 12.2 Å². The van der Waals surface area contributed by atoms with Crippen LogP contribution in [0.5, 0.6) is 0 Å². The Labute approximate surface area is 86.9 Å². The van der Waals surface area contributed by atoms with Gasteiger partial charge in [-0.15, -0.1) is 13.2 Å². The molecule has 1 saturated heterocycles. The first kappa shape index (κ1) is 11.4. The molecule has 0 aromatic rings. The second-order valence-electron chi connectivity index (χ2n) is 3.86. The molecule has 0 atom stereocenters. The zero-order valence-corrected chi connectivity index (χ0v) is 8.86. The van der Waals surface area contributed by atoms with Gasteiger partial charge in [0.05, 0.1) is 0 Å². The first-order valence-electron chi connectivity index (χ1n) is 5.18. The highest BCUT2D eigenvalue weighted by molar-refractivity contribution is 4.84. The van der Waals surface area contributed by atoms with Gasteiger partial charge in [0.25, 0.3) is 0 Å². The Balaban J connectivity index is 2.43. The molecule has 0 aromatic heterocycles. The minimum absolute atomic E-state index is 0.248. The molecule has 2 N–H and O–H groups in total. The molecule has 3 heteroatoms. The summed E-state index contributed by atoms with van der Waals surface area (Å²) in [5, 5.41) is 0. The lowest BCUT2D eigenvalue weighted by Crippen LogP contribution is -2.40. The third kappa shape index (κ3) is 3.62. The summed E-state index contributed by atoms with van der Waals surface area (Å²) < 4.78 is 0. The van der Waals surface area contributed by atoms with Crippen molar-refractivity contribution in [2.45, 2.75) is 6.04 Å². The van der Waals surface area contributed by atoms with Gasteiger partial charge in [-0.1, -0.05) is 12.2 Å². The van der Waals surface area contributed by atoms with E-state index in [9.17, 15) is 0 Å². The van der Waals surface area contributed by atoms with Gasteiger partial charge in [0.1, 0.15) is 0 Å². The highest BCUT2D eigenvalue weighted by atomic mass is 15.2.